The summed E-state index contributed by atoms with van der Waals surface area (Å²) in [6, 6.07) is 8.16. The number of carbonyl (C=O) groups excluding carboxylic acids is 1. The van der Waals surface area contributed by atoms with Crippen LogP contribution in [0.25, 0.3) is 0 Å². The molecule has 0 saturated carbocycles. The van der Waals surface area contributed by atoms with E-state index in [1.807, 2.05) is 17.0 Å². The van der Waals surface area contributed by atoms with E-state index in [9.17, 15) is 9.90 Å². The van der Waals surface area contributed by atoms with E-state index in [-0.39, 0.29) is 31.4 Å². The van der Waals surface area contributed by atoms with Crippen LogP contribution in [0.2, 0.25) is 0 Å². The van der Waals surface area contributed by atoms with E-state index in [4.69, 9.17) is 0 Å². The first-order valence-corrected chi connectivity index (χ1v) is 4.74. The Kier molecular flexibility index (Phi) is 6.41. The summed E-state index contributed by atoms with van der Waals surface area (Å²) < 4.78 is 0. The summed E-state index contributed by atoms with van der Waals surface area (Å²) >= 11 is 0. The van der Waals surface area contributed by atoms with Crippen molar-refractivity contribution in [1.29, 1.82) is 0 Å². The first-order chi connectivity index (χ1) is 6.75. The summed E-state index contributed by atoms with van der Waals surface area (Å²) in [6.45, 7) is 1.57. The molecule has 0 saturated heterocycles. The van der Waals surface area contributed by atoms with Crippen LogP contribution in [0, 0.1) is 0 Å². The largest absolute Gasteiger partial charge is 0.549 e. The van der Waals surface area contributed by atoms with Crippen LogP contribution in [-0.4, -0.2) is 24.0 Å². The van der Waals surface area contributed by atoms with E-state index in [0.717, 1.165) is 19.5 Å². The van der Waals surface area contributed by atoms with Gasteiger partial charge in [0, 0.05) is 19.6 Å². The van der Waals surface area contributed by atoms with Crippen LogP contribution in [0.4, 0.5) is 0 Å². The van der Waals surface area contributed by atoms with Gasteiger partial charge >= 0.3 is 0 Å². The fourth-order valence-corrected chi connectivity index (χ4v) is 1.87. The number of benzene rings is 1. The first-order valence-electron chi connectivity index (χ1n) is 4.74. The van der Waals surface area contributed by atoms with Gasteiger partial charge in [-0.1, -0.05) is 24.3 Å². The Bertz CT molecular complexity index is 358. The maximum Gasteiger partial charge on any atom is 0.0555 e. The van der Waals surface area contributed by atoms with Crippen molar-refractivity contribution in [1.82, 2.24) is 4.90 Å². The van der Waals surface area contributed by atoms with Gasteiger partial charge in [-0.25, -0.2) is 0 Å². The van der Waals surface area contributed by atoms with Crippen molar-refractivity contribution in [3.05, 3.63) is 35.4 Å². The van der Waals surface area contributed by atoms with Gasteiger partial charge in [-0.15, -0.1) is 24.8 Å². The van der Waals surface area contributed by atoms with Crippen LogP contribution in [0.1, 0.15) is 11.1 Å². The predicted octanol–water partition coefficient (Wildman–Crippen LogP) is 0.638. The quantitative estimate of drug-likeness (QED) is 0.786. The normalized spacial score (nSPS) is 14.2. The minimum atomic E-state index is -0.996. The van der Waals surface area contributed by atoms with E-state index in [1.54, 1.807) is 0 Å². The molecule has 1 heterocycles. The Morgan fingerprint density at radius 1 is 1.25 bits per heavy atom. The molecule has 1 aliphatic rings. The molecule has 0 bridgehead atoms. The van der Waals surface area contributed by atoms with Crippen molar-refractivity contribution < 1.29 is 9.90 Å². The van der Waals surface area contributed by atoms with Gasteiger partial charge in [-0.3, -0.25) is 4.90 Å². The Labute approximate surface area is 107 Å². The molecule has 0 N–H and O–H groups in total. The highest BCUT2D eigenvalue weighted by atomic mass is 35.5. The second-order valence-corrected chi connectivity index (χ2v) is 3.60. The SMILES string of the molecule is Cl.Cl.O=C([O-])CN1CCc2ccccc2C1. The second-order valence-electron chi connectivity index (χ2n) is 3.60. The molecular weight excluding hydrogens is 249 g/mol. The average Bonchev–Trinajstić information content (AvgIpc) is 2.17. The Balaban J connectivity index is 0.00000112. The summed E-state index contributed by atoms with van der Waals surface area (Å²) in [6.07, 6.45) is 0.934. The molecule has 0 amide bonds. The smallest absolute Gasteiger partial charge is 0.0555 e. The van der Waals surface area contributed by atoms with Gasteiger partial charge in [0.2, 0.25) is 0 Å². The lowest BCUT2D eigenvalue weighted by Crippen LogP contribution is -2.40. The minimum absolute atomic E-state index is 0. The molecule has 5 heteroatoms. The van der Waals surface area contributed by atoms with Crippen LogP contribution >= 0.6 is 24.8 Å². The molecule has 0 unspecified atom stereocenters. The van der Waals surface area contributed by atoms with E-state index >= 15 is 0 Å². The highest BCUT2D eigenvalue weighted by molar-refractivity contribution is 5.85. The number of hydrogen-bond acceptors (Lipinski definition) is 3. The number of halogens is 2. The van der Waals surface area contributed by atoms with E-state index < -0.39 is 5.97 Å². The molecule has 0 aromatic heterocycles. The fourth-order valence-electron chi connectivity index (χ4n) is 1.87. The molecular formula is C11H14Cl2NO2-. The lowest BCUT2D eigenvalue weighted by molar-refractivity contribution is -0.306. The first kappa shape index (κ1) is 15.2. The second kappa shape index (κ2) is 6.74. The topological polar surface area (TPSA) is 43.4 Å². The molecule has 1 aliphatic heterocycles. The number of aliphatic carboxylic acids is 1. The number of nitrogens with zero attached hydrogens (tertiary/aromatic N) is 1. The third kappa shape index (κ3) is 3.67. The standard InChI is InChI=1S/C11H13NO2.2ClH/c13-11(14)8-12-6-5-9-3-1-2-4-10(9)7-12;;/h1-4H,5-8H2,(H,13,14);2*1H/p-1. The van der Waals surface area contributed by atoms with Gasteiger partial charge in [0.15, 0.2) is 0 Å². The number of hydrogen-bond donors (Lipinski definition) is 0. The van der Waals surface area contributed by atoms with Gasteiger partial charge in [-0.2, -0.15) is 0 Å². The zero-order valence-electron chi connectivity index (χ0n) is 8.72. The Hall–Kier alpha value is -0.770. The third-order valence-electron chi connectivity index (χ3n) is 2.56. The van der Waals surface area contributed by atoms with Crippen molar-refractivity contribution in [2.75, 3.05) is 13.1 Å². The van der Waals surface area contributed by atoms with E-state index in [2.05, 4.69) is 12.1 Å². The lowest BCUT2D eigenvalue weighted by Gasteiger charge is -2.28. The van der Waals surface area contributed by atoms with Crippen molar-refractivity contribution >= 4 is 30.8 Å². The molecule has 90 valence electrons. The maximum absolute atomic E-state index is 10.4. The zero-order chi connectivity index (χ0) is 9.97. The lowest BCUT2D eigenvalue weighted by atomic mass is 10.0. The summed E-state index contributed by atoms with van der Waals surface area (Å²) in [5.41, 5.74) is 2.57. The highest BCUT2D eigenvalue weighted by Crippen LogP contribution is 2.17. The van der Waals surface area contributed by atoms with Crippen molar-refractivity contribution in [2.24, 2.45) is 0 Å². The monoisotopic (exact) mass is 262 g/mol. The van der Waals surface area contributed by atoms with Crippen LogP contribution in [-0.2, 0) is 17.8 Å². The molecule has 0 spiro atoms. The third-order valence-corrected chi connectivity index (χ3v) is 2.56. The van der Waals surface area contributed by atoms with Crippen LogP contribution in [0.5, 0.6) is 0 Å². The predicted molar refractivity (Wildman–Crippen MR) is 64.9 cm³/mol. The number of carboxylic acid groups (broad SMARTS) is 1. The van der Waals surface area contributed by atoms with Gasteiger partial charge in [0.25, 0.3) is 0 Å². The molecule has 16 heavy (non-hydrogen) atoms. The molecule has 1 aromatic carbocycles. The summed E-state index contributed by atoms with van der Waals surface area (Å²) in [5.74, 6) is -0.996. The average molecular weight is 263 g/mol. The molecule has 0 atom stereocenters. The van der Waals surface area contributed by atoms with E-state index in [1.165, 1.54) is 11.1 Å². The van der Waals surface area contributed by atoms with Crippen molar-refractivity contribution in [2.45, 2.75) is 13.0 Å². The number of fused-ring (bicyclic) bond motifs is 1. The van der Waals surface area contributed by atoms with Crippen LogP contribution in [0.3, 0.4) is 0 Å². The van der Waals surface area contributed by atoms with Crippen LogP contribution < -0.4 is 5.11 Å². The molecule has 0 aliphatic carbocycles. The number of carboxylic acids is 1. The minimum Gasteiger partial charge on any atom is -0.549 e. The Morgan fingerprint density at radius 2 is 1.88 bits per heavy atom. The van der Waals surface area contributed by atoms with Gasteiger partial charge in [-0.05, 0) is 17.5 Å². The van der Waals surface area contributed by atoms with Crippen molar-refractivity contribution in [3.63, 3.8) is 0 Å². The van der Waals surface area contributed by atoms with Gasteiger partial charge < -0.3 is 9.90 Å². The maximum atomic E-state index is 10.4. The molecule has 2 rings (SSSR count). The highest BCUT2D eigenvalue weighted by Gasteiger charge is 2.14. The molecule has 3 nitrogen and oxygen atoms in total. The molecule has 1 aromatic rings. The summed E-state index contributed by atoms with van der Waals surface area (Å²) in [5, 5.41) is 10.4. The Morgan fingerprint density at radius 3 is 2.50 bits per heavy atom. The molecule has 0 fully saturated rings. The van der Waals surface area contributed by atoms with Gasteiger partial charge in [0.05, 0.1) is 5.97 Å². The number of carbonyl (C=O) groups is 1. The molecule has 0 radical (unpaired) electrons. The van der Waals surface area contributed by atoms with E-state index in [0.29, 0.717) is 0 Å². The number of rotatable bonds is 2. The van der Waals surface area contributed by atoms with Crippen LogP contribution in [0.15, 0.2) is 24.3 Å². The zero-order valence-corrected chi connectivity index (χ0v) is 10.4. The summed E-state index contributed by atoms with van der Waals surface area (Å²) in [7, 11) is 0. The summed E-state index contributed by atoms with van der Waals surface area (Å²) in [4.78, 5) is 12.3. The van der Waals surface area contributed by atoms with Gasteiger partial charge in [0.1, 0.15) is 0 Å². The van der Waals surface area contributed by atoms with Crippen molar-refractivity contribution in [3.8, 4) is 0 Å². The fraction of sp³-hybridized carbons (Fsp3) is 0.364.